The molecule has 4 rings (SSSR count). The number of nitrogens with zero attached hydrogens (tertiary/aromatic N) is 1. The smallest absolute Gasteiger partial charge is 0.378 e. The molecule has 0 radical (unpaired) electrons. The summed E-state index contributed by atoms with van der Waals surface area (Å²) in [5.41, 5.74) is -3.44. The highest BCUT2D eigenvalue weighted by molar-refractivity contribution is 8.00. The van der Waals surface area contributed by atoms with E-state index in [0.29, 0.717) is 40.2 Å². The Balaban J connectivity index is 1.50. The van der Waals surface area contributed by atoms with Gasteiger partial charge < -0.3 is 8.92 Å². The summed E-state index contributed by atoms with van der Waals surface area (Å²) in [7, 11) is -4.35. The summed E-state index contributed by atoms with van der Waals surface area (Å²) in [5, 5.41) is 0.524. The molecule has 0 amide bonds. The Morgan fingerprint density at radius 2 is 1.83 bits per heavy atom. The molecule has 0 N–H and O–H groups in total. The lowest BCUT2D eigenvalue weighted by atomic mass is 9.81. The minimum Gasteiger partial charge on any atom is -0.378 e. The molecule has 0 bridgehead atoms. The van der Waals surface area contributed by atoms with E-state index in [9.17, 15) is 26.4 Å². The number of alkyl halides is 3. The summed E-state index contributed by atoms with van der Waals surface area (Å²) in [6.45, 7) is 6.34. The van der Waals surface area contributed by atoms with Crippen molar-refractivity contribution in [2.75, 3.05) is 6.61 Å². The van der Waals surface area contributed by atoms with Gasteiger partial charge in [0.2, 0.25) is 0 Å². The number of halogens is 3. The molecule has 0 saturated carbocycles. The minimum absolute atomic E-state index is 0.0564. The molecule has 1 aromatic heterocycles. The molecule has 0 spiro atoms. The van der Waals surface area contributed by atoms with Crippen LogP contribution in [0.15, 0.2) is 52.3 Å². The highest BCUT2D eigenvalue weighted by Gasteiger charge is 2.37. The van der Waals surface area contributed by atoms with Crippen LogP contribution in [0.3, 0.4) is 0 Å². The lowest BCUT2D eigenvalue weighted by molar-refractivity contribution is -0.146. The molecule has 1 fully saturated rings. The second-order valence-corrected chi connectivity index (χ2v) is 13.2. The number of carbonyl (C=O) groups is 1. The van der Waals surface area contributed by atoms with E-state index < -0.39 is 27.5 Å². The third-order valence-corrected chi connectivity index (χ3v) is 8.78. The Hall–Kier alpha value is -2.15. The molecule has 6 nitrogen and oxygen atoms in total. The lowest BCUT2D eigenvalue weighted by Gasteiger charge is -2.36. The summed E-state index contributed by atoms with van der Waals surface area (Å²) in [4.78, 5) is 17.0. The molecule has 2 heterocycles. The third-order valence-electron chi connectivity index (χ3n) is 5.76. The zero-order valence-electron chi connectivity index (χ0n) is 19.7. The summed E-state index contributed by atoms with van der Waals surface area (Å²) in [5.74, 6) is -1.37. The van der Waals surface area contributed by atoms with Gasteiger partial charge in [0.15, 0.2) is 0 Å². The van der Waals surface area contributed by atoms with Gasteiger partial charge in [0.05, 0.1) is 22.2 Å². The Morgan fingerprint density at radius 1 is 1.14 bits per heavy atom. The number of rotatable bonds is 5. The molecule has 2 atom stereocenters. The van der Waals surface area contributed by atoms with Crippen molar-refractivity contribution in [2.45, 2.75) is 55.0 Å². The van der Waals surface area contributed by atoms with E-state index in [1.54, 1.807) is 0 Å². The maximum Gasteiger partial charge on any atom is 0.446 e. The number of hydrogen-bond acceptors (Lipinski definition) is 8. The predicted octanol–water partition coefficient (Wildman–Crippen LogP) is 6.65. The molecule has 2 unspecified atom stereocenters. The number of thiazole rings is 1. The van der Waals surface area contributed by atoms with E-state index in [4.69, 9.17) is 8.92 Å². The van der Waals surface area contributed by atoms with Gasteiger partial charge in [-0.1, -0.05) is 32.9 Å². The average molecular weight is 560 g/mol. The Labute approximate surface area is 215 Å². The van der Waals surface area contributed by atoms with Gasteiger partial charge in [0.25, 0.3) is 0 Å². The highest BCUT2D eigenvalue weighted by Crippen LogP contribution is 2.39. The Kier molecular flexibility index (Phi) is 7.44. The van der Waals surface area contributed by atoms with Gasteiger partial charge >= 0.3 is 21.6 Å². The first kappa shape index (κ1) is 26.9. The molecule has 3 aromatic rings. The normalized spacial score (nSPS) is 19.4. The molecule has 194 valence electrons. The minimum atomic E-state index is -4.37. The van der Waals surface area contributed by atoms with E-state index in [2.05, 4.69) is 4.98 Å². The third kappa shape index (κ3) is 6.39. The van der Waals surface area contributed by atoms with Gasteiger partial charge in [-0.05, 0) is 60.4 Å². The molecular weight excluding hydrogens is 535 g/mol. The van der Waals surface area contributed by atoms with Crippen molar-refractivity contribution in [1.82, 2.24) is 4.98 Å². The van der Waals surface area contributed by atoms with Crippen LogP contribution >= 0.6 is 23.1 Å². The SMILES string of the molecule is CC(C)(C)C1CC(C(=O)OS(=O)(=O)c2ccc3nc(-c4ccc(SC(F)(F)F)cc4)sc3c2)CCO1. The van der Waals surface area contributed by atoms with Gasteiger partial charge in [0, 0.05) is 17.1 Å². The first-order chi connectivity index (χ1) is 16.7. The molecule has 12 heteroatoms. The number of aromatic nitrogens is 1. The molecule has 36 heavy (non-hydrogen) atoms. The predicted molar refractivity (Wildman–Crippen MR) is 132 cm³/mol. The molecular formula is C24H24F3NO5S3. The maximum absolute atomic E-state index is 12.9. The highest BCUT2D eigenvalue weighted by atomic mass is 32.2. The monoisotopic (exact) mass is 559 g/mol. The number of ether oxygens (including phenoxy) is 1. The fourth-order valence-electron chi connectivity index (χ4n) is 3.82. The zero-order valence-corrected chi connectivity index (χ0v) is 22.1. The van der Waals surface area contributed by atoms with Crippen LogP contribution in [0.1, 0.15) is 33.6 Å². The van der Waals surface area contributed by atoms with Gasteiger partial charge in [-0.3, -0.25) is 4.79 Å². The van der Waals surface area contributed by atoms with E-state index in [-0.39, 0.29) is 33.1 Å². The van der Waals surface area contributed by atoms with Crippen molar-refractivity contribution in [3.05, 3.63) is 42.5 Å². The zero-order chi connectivity index (χ0) is 26.3. The molecule has 1 aliphatic rings. The van der Waals surface area contributed by atoms with Crippen molar-refractivity contribution in [1.29, 1.82) is 0 Å². The number of thioether (sulfide) groups is 1. The second-order valence-electron chi connectivity index (χ2n) is 9.52. The van der Waals surface area contributed by atoms with E-state index >= 15 is 0 Å². The van der Waals surface area contributed by atoms with Crippen LogP contribution in [0, 0.1) is 11.3 Å². The summed E-state index contributed by atoms with van der Waals surface area (Å²) in [6, 6.07) is 9.99. The molecule has 0 aliphatic carbocycles. The van der Waals surface area contributed by atoms with Gasteiger partial charge in [0.1, 0.15) is 9.90 Å². The van der Waals surface area contributed by atoms with E-state index in [1.165, 1.54) is 53.8 Å². The molecule has 2 aromatic carbocycles. The second kappa shape index (κ2) is 9.96. The first-order valence-electron chi connectivity index (χ1n) is 11.1. The van der Waals surface area contributed by atoms with Crippen LogP contribution < -0.4 is 0 Å². The van der Waals surface area contributed by atoms with Crippen LogP contribution in [0.4, 0.5) is 13.2 Å². The fourth-order valence-corrected chi connectivity index (χ4v) is 6.39. The van der Waals surface area contributed by atoms with Gasteiger partial charge in [-0.2, -0.15) is 21.6 Å². The van der Waals surface area contributed by atoms with Crippen LogP contribution in [0.25, 0.3) is 20.8 Å². The van der Waals surface area contributed by atoms with Crippen molar-refractivity contribution in [2.24, 2.45) is 11.3 Å². The van der Waals surface area contributed by atoms with E-state index in [1.807, 2.05) is 20.8 Å². The van der Waals surface area contributed by atoms with Crippen molar-refractivity contribution >= 4 is 49.4 Å². The largest absolute Gasteiger partial charge is 0.446 e. The van der Waals surface area contributed by atoms with Crippen LogP contribution in [0.5, 0.6) is 0 Å². The number of carbonyl (C=O) groups excluding carboxylic acids is 1. The average Bonchev–Trinajstić information content (AvgIpc) is 3.21. The van der Waals surface area contributed by atoms with Crippen LogP contribution in [0.2, 0.25) is 0 Å². The fraction of sp³-hybridized carbons (Fsp3) is 0.417. The number of fused-ring (bicyclic) bond motifs is 1. The van der Waals surface area contributed by atoms with Crippen molar-refractivity contribution < 1.29 is 35.3 Å². The van der Waals surface area contributed by atoms with Crippen LogP contribution in [-0.2, 0) is 23.8 Å². The summed E-state index contributed by atoms with van der Waals surface area (Å²) < 4.78 is 74.6. The van der Waals surface area contributed by atoms with Gasteiger partial charge in [-0.25, -0.2) is 4.98 Å². The molecule has 1 saturated heterocycles. The summed E-state index contributed by atoms with van der Waals surface area (Å²) >= 11 is 0.986. The van der Waals surface area contributed by atoms with Crippen LogP contribution in [-0.4, -0.2) is 37.6 Å². The Morgan fingerprint density at radius 3 is 2.47 bits per heavy atom. The Bertz CT molecular complexity index is 1360. The van der Waals surface area contributed by atoms with Crippen molar-refractivity contribution in [3.8, 4) is 10.6 Å². The van der Waals surface area contributed by atoms with Crippen molar-refractivity contribution in [3.63, 3.8) is 0 Å². The quantitative estimate of drug-likeness (QED) is 0.256. The summed E-state index contributed by atoms with van der Waals surface area (Å²) in [6.07, 6.45) is 0.591. The number of hydrogen-bond donors (Lipinski definition) is 0. The maximum atomic E-state index is 12.9. The standard InChI is InChI=1S/C24H24F3NO5S3/c1-23(2,3)20-12-15(10-11-32-20)22(29)33-36(30,31)17-8-9-18-19(13-17)34-21(28-18)14-4-6-16(7-5-14)35-24(25,26)27/h4-9,13,15,20H,10-12H2,1-3H3. The van der Waals surface area contributed by atoms with Gasteiger partial charge in [-0.15, -0.1) is 11.3 Å². The van der Waals surface area contributed by atoms with E-state index in [0.717, 1.165) is 0 Å². The molecule has 1 aliphatic heterocycles. The number of benzene rings is 2. The first-order valence-corrected chi connectivity index (χ1v) is 14.1. The topological polar surface area (TPSA) is 82.6 Å². The lowest BCUT2D eigenvalue weighted by Crippen LogP contribution is -2.39.